The minimum Gasteiger partial charge on any atom is -0.330 e. The first kappa shape index (κ1) is 16.3. The van der Waals surface area contributed by atoms with Gasteiger partial charge in [0.25, 0.3) is 0 Å². The lowest BCUT2D eigenvalue weighted by molar-refractivity contribution is 0.0948. The van der Waals surface area contributed by atoms with E-state index in [4.69, 9.17) is 5.73 Å². The third kappa shape index (κ3) is 4.38. The summed E-state index contributed by atoms with van der Waals surface area (Å²) in [6.45, 7) is 7.24. The second-order valence-electron chi connectivity index (χ2n) is 5.95. The Labute approximate surface area is 123 Å². The molecule has 0 aromatic carbocycles. The molecule has 0 radical (unpaired) electrons. The minimum absolute atomic E-state index is 0.0747. The summed E-state index contributed by atoms with van der Waals surface area (Å²) >= 11 is 3.26. The van der Waals surface area contributed by atoms with E-state index in [0.29, 0.717) is 29.2 Å². The van der Waals surface area contributed by atoms with E-state index in [-0.39, 0.29) is 11.2 Å². The quantitative estimate of drug-likeness (QED) is 0.813. The van der Waals surface area contributed by atoms with Crippen molar-refractivity contribution >= 4 is 21.7 Å². The third-order valence-corrected chi connectivity index (χ3v) is 4.04. The highest BCUT2D eigenvalue weighted by molar-refractivity contribution is 9.10. The van der Waals surface area contributed by atoms with E-state index in [1.807, 2.05) is 0 Å². The van der Waals surface area contributed by atoms with Gasteiger partial charge in [-0.1, -0.05) is 26.0 Å². The number of aromatic nitrogens is 3. The Hall–Kier alpha value is -0.750. The fraction of sp³-hybridized carbons (Fsp3) is 0.769. The van der Waals surface area contributed by atoms with Gasteiger partial charge in [-0.05, 0) is 46.6 Å². The maximum absolute atomic E-state index is 12.2. The van der Waals surface area contributed by atoms with Gasteiger partial charge in [0.1, 0.15) is 5.69 Å². The van der Waals surface area contributed by atoms with Crippen molar-refractivity contribution < 1.29 is 4.79 Å². The number of carbonyl (C=O) groups excluding carboxylic acids is 1. The lowest BCUT2D eigenvalue weighted by atomic mass is 9.76. The molecule has 0 bridgehead atoms. The van der Waals surface area contributed by atoms with Gasteiger partial charge in [0.15, 0.2) is 10.4 Å². The molecule has 0 saturated carbocycles. The Kier molecular flexibility index (Phi) is 5.67. The molecule has 19 heavy (non-hydrogen) atoms. The van der Waals surface area contributed by atoms with Gasteiger partial charge in [-0.3, -0.25) is 4.79 Å². The van der Waals surface area contributed by atoms with Gasteiger partial charge in [0.05, 0.1) is 0 Å². The molecule has 0 fully saturated rings. The summed E-state index contributed by atoms with van der Waals surface area (Å²) in [4.78, 5) is 12.2. The van der Waals surface area contributed by atoms with Crippen LogP contribution in [-0.2, 0) is 7.05 Å². The molecular formula is C13H23BrN4O. The average molecular weight is 331 g/mol. The van der Waals surface area contributed by atoms with Gasteiger partial charge in [0.2, 0.25) is 0 Å². The van der Waals surface area contributed by atoms with Gasteiger partial charge in [-0.15, -0.1) is 5.10 Å². The Morgan fingerprint density at radius 2 is 2.05 bits per heavy atom. The SMILES string of the molecule is Cn1nnc(Br)c1C(=O)CCC(CCN)C(C)(C)C. The first-order valence-corrected chi connectivity index (χ1v) is 7.35. The molecule has 108 valence electrons. The molecule has 0 saturated heterocycles. The van der Waals surface area contributed by atoms with E-state index < -0.39 is 0 Å². The van der Waals surface area contributed by atoms with Gasteiger partial charge < -0.3 is 5.73 Å². The Bertz CT molecular complexity index is 417. The number of Topliss-reactive ketones (excluding diaryl/α,β-unsaturated/α-hetero) is 1. The maximum Gasteiger partial charge on any atom is 0.183 e. The van der Waals surface area contributed by atoms with Crippen molar-refractivity contribution in [1.29, 1.82) is 0 Å². The van der Waals surface area contributed by atoms with Crippen molar-refractivity contribution in [3.8, 4) is 0 Å². The summed E-state index contributed by atoms with van der Waals surface area (Å²) in [7, 11) is 1.73. The highest BCUT2D eigenvalue weighted by Gasteiger charge is 2.25. The molecule has 1 rings (SSSR count). The van der Waals surface area contributed by atoms with Crippen molar-refractivity contribution in [2.75, 3.05) is 6.54 Å². The maximum atomic E-state index is 12.2. The molecule has 1 unspecified atom stereocenters. The van der Waals surface area contributed by atoms with Crippen molar-refractivity contribution in [2.24, 2.45) is 24.1 Å². The zero-order valence-corrected chi connectivity index (χ0v) is 13.7. The molecule has 1 aromatic heterocycles. The summed E-state index contributed by atoms with van der Waals surface area (Å²) in [5, 5.41) is 7.67. The number of halogens is 1. The number of carbonyl (C=O) groups is 1. The molecule has 1 heterocycles. The monoisotopic (exact) mass is 330 g/mol. The number of hydrogen-bond donors (Lipinski definition) is 1. The number of nitrogens with two attached hydrogens (primary N) is 1. The first-order valence-electron chi connectivity index (χ1n) is 6.55. The molecule has 5 nitrogen and oxygen atoms in total. The predicted molar refractivity (Wildman–Crippen MR) is 78.9 cm³/mol. The van der Waals surface area contributed by atoms with Crippen LogP contribution in [0.4, 0.5) is 0 Å². The Morgan fingerprint density at radius 3 is 2.47 bits per heavy atom. The van der Waals surface area contributed by atoms with Crippen LogP contribution < -0.4 is 5.73 Å². The van der Waals surface area contributed by atoms with Crippen LogP contribution in [0.25, 0.3) is 0 Å². The van der Waals surface area contributed by atoms with E-state index in [2.05, 4.69) is 47.0 Å². The molecule has 1 aromatic rings. The number of nitrogens with zero attached hydrogens (tertiary/aromatic N) is 3. The molecule has 6 heteroatoms. The zero-order chi connectivity index (χ0) is 14.6. The lowest BCUT2D eigenvalue weighted by Crippen LogP contribution is -2.24. The molecule has 0 aliphatic rings. The number of rotatable bonds is 6. The standard InChI is InChI=1S/C13H23BrN4O/c1-13(2,3)9(7-8-15)5-6-10(19)11-12(14)16-17-18(11)4/h9H,5-8,15H2,1-4H3. The second-order valence-corrected chi connectivity index (χ2v) is 6.71. The number of hydrogen-bond acceptors (Lipinski definition) is 4. The molecule has 0 spiro atoms. The predicted octanol–water partition coefficient (Wildman–Crippen LogP) is 2.55. The highest BCUT2D eigenvalue weighted by atomic mass is 79.9. The van der Waals surface area contributed by atoms with Gasteiger partial charge in [-0.25, -0.2) is 4.68 Å². The Balaban J connectivity index is 2.67. The van der Waals surface area contributed by atoms with E-state index in [9.17, 15) is 4.79 Å². The molecule has 0 aliphatic heterocycles. The second kappa shape index (κ2) is 6.61. The van der Waals surface area contributed by atoms with Gasteiger partial charge >= 0.3 is 0 Å². The fourth-order valence-electron chi connectivity index (χ4n) is 2.26. The smallest absolute Gasteiger partial charge is 0.183 e. The van der Waals surface area contributed by atoms with Gasteiger partial charge in [-0.2, -0.15) is 0 Å². The van der Waals surface area contributed by atoms with Gasteiger partial charge in [0, 0.05) is 13.5 Å². The number of ketones is 1. The molecule has 1 atom stereocenters. The van der Waals surface area contributed by atoms with E-state index in [1.165, 1.54) is 4.68 Å². The largest absolute Gasteiger partial charge is 0.330 e. The lowest BCUT2D eigenvalue weighted by Gasteiger charge is -2.30. The van der Waals surface area contributed by atoms with E-state index in [1.54, 1.807) is 7.05 Å². The van der Waals surface area contributed by atoms with Crippen LogP contribution in [0, 0.1) is 11.3 Å². The summed E-state index contributed by atoms with van der Waals surface area (Å²) in [6.07, 6.45) is 2.29. The van der Waals surface area contributed by atoms with Crippen LogP contribution in [0.1, 0.15) is 50.5 Å². The van der Waals surface area contributed by atoms with Crippen molar-refractivity contribution in [3.05, 3.63) is 10.3 Å². The summed E-state index contributed by atoms with van der Waals surface area (Å²) in [6, 6.07) is 0. The van der Waals surface area contributed by atoms with E-state index >= 15 is 0 Å². The van der Waals surface area contributed by atoms with Crippen LogP contribution in [0.15, 0.2) is 4.60 Å². The molecular weight excluding hydrogens is 308 g/mol. The summed E-state index contributed by atoms with van der Waals surface area (Å²) in [5.74, 6) is 0.520. The van der Waals surface area contributed by atoms with Crippen molar-refractivity contribution in [3.63, 3.8) is 0 Å². The van der Waals surface area contributed by atoms with Crippen LogP contribution in [0.5, 0.6) is 0 Å². The fourth-order valence-corrected chi connectivity index (χ4v) is 2.81. The van der Waals surface area contributed by atoms with Crippen molar-refractivity contribution in [2.45, 2.75) is 40.0 Å². The van der Waals surface area contributed by atoms with Crippen LogP contribution in [-0.4, -0.2) is 27.3 Å². The topological polar surface area (TPSA) is 73.8 Å². The molecule has 0 amide bonds. The van der Waals surface area contributed by atoms with Crippen LogP contribution in [0.3, 0.4) is 0 Å². The van der Waals surface area contributed by atoms with Crippen molar-refractivity contribution in [1.82, 2.24) is 15.0 Å². The average Bonchev–Trinajstić information content (AvgIpc) is 2.62. The van der Waals surface area contributed by atoms with Crippen LogP contribution in [0.2, 0.25) is 0 Å². The van der Waals surface area contributed by atoms with Crippen LogP contribution >= 0.6 is 15.9 Å². The molecule has 0 aliphatic carbocycles. The summed E-state index contributed by atoms with van der Waals surface area (Å²) < 4.78 is 2.03. The normalized spacial score (nSPS) is 13.6. The summed E-state index contributed by atoms with van der Waals surface area (Å²) in [5.41, 5.74) is 6.37. The third-order valence-electron chi connectivity index (χ3n) is 3.51. The first-order chi connectivity index (χ1) is 8.77. The zero-order valence-electron chi connectivity index (χ0n) is 12.1. The number of aryl methyl sites for hydroxylation is 1. The highest BCUT2D eigenvalue weighted by Crippen LogP contribution is 2.32. The Morgan fingerprint density at radius 1 is 1.42 bits per heavy atom. The molecule has 2 N–H and O–H groups in total. The minimum atomic E-state index is 0.0747. The van der Waals surface area contributed by atoms with E-state index in [0.717, 1.165) is 12.8 Å².